The quantitative estimate of drug-likeness (QED) is 0.797. The summed E-state index contributed by atoms with van der Waals surface area (Å²) in [6.45, 7) is 1.74. The van der Waals surface area contributed by atoms with Gasteiger partial charge in [0, 0.05) is 16.5 Å². The smallest absolute Gasteiger partial charge is 0.0923 e. The Kier molecular flexibility index (Phi) is 4.57. The molecule has 2 rings (SSSR count). The van der Waals surface area contributed by atoms with Crippen LogP contribution in [-0.2, 0) is 12.0 Å². The number of aliphatic hydroxyl groups is 1. The van der Waals surface area contributed by atoms with E-state index in [2.05, 4.69) is 15.9 Å². The van der Waals surface area contributed by atoms with E-state index in [1.54, 1.807) is 25.1 Å². The van der Waals surface area contributed by atoms with Crippen LogP contribution in [0.25, 0.3) is 0 Å². The number of rotatable bonds is 3. The summed E-state index contributed by atoms with van der Waals surface area (Å²) in [4.78, 5) is 0. The Balaban J connectivity index is 2.31. The van der Waals surface area contributed by atoms with Crippen LogP contribution in [0.15, 0.2) is 46.9 Å². The molecule has 0 aromatic heterocycles. The van der Waals surface area contributed by atoms with Crippen molar-refractivity contribution in [2.45, 2.75) is 18.9 Å². The second-order valence-electron chi connectivity index (χ2n) is 4.68. The molecule has 0 bridgehead atoms. The van der Waals surface area contributed by atoms with E-state index in [-0.39, 0.29) is 0 Å². The van der Waals surface area contributed by atoms with Crippen LogP contribution in [0.3, 0.4) is 0 Å². The van der Waals surface area contributed by atoms with Gasteiger partial charge in [-0.15, -0.1) is 0 Å². The molecule has 0 aliphatic rings. The maximum absolute atomic E-state index is 10.7. The van der Waals surface area contributed by atoms with Crippen molar-refractivity contribution in [1.82, 2.24) is 0 Å². The van der Waals surface area contributed by atoms with Gasteiger partial charge in [-0.1, -0.05) is 63.4 Å². The summed E-state index contributed by atoms with van der Waals surface area (Å²) >= 11 is 15.6. The van der Waals surface area contributed by atoms with Gasteiger partial charge in [0.25, 0.3) is 0 Å². The molecule has 0 spiro atoms. The molecule has 0 radical (unpaired) electrons. The lowest BCUT2D eigenvalue weighted by atomic mass is 9.89. The normalized spacial score (nSPS) is 14.2. The van der Waals surface area contributed by atoms with Crippen LogP contribution in [0.1, 0.15) is 18.1 Å². The predicted octanol–water partition coefficient (Wildman–Crippen LogP) is 5.21. The Bertz CT molecular complexity index is 579. The van der Waals surface area contributed by atoms with Crippen LogP contribution >= 0.6 is 39.1 Å². The SMILES string of the molecule is CC(O)(Cc1ccc(Br)cc1)c1cccc(Cl)c1Cl. The first-order chi connectivity index (χ1) is 8.90. The summed E-state index contributed by atoms with van der Waals surface area (Å²) in [5.41, 5.74) is 0.615. The molecule has 100 valence electrons. The van der Waals surface area contributed by atoms with Gasteiger partial charge in [-0.3, -0.25) is 0 Å². The minimum Gasteiger partial charge on any atom is -0.385 e. The minimum atomic E-state index is -1.06. The zero-order chi connectivity index (χ0) is 14.0. The molecule has 0 fully saturated rings. The largest absolute Gasteiger partial charge is 0.385 e. The molecular weight excluding hydrogens is 347 g/mol. The van der Waals surface area contributed by atoms with Gasteiger partial charge in [-0.25, -0.2) is 0 Å². The molecule has 1 atom stereocenters. The van der Waals surface area contributed by atoms with Gasteiger partial charge in [0.2, 0.25) is 0 Å². The summed E-state index contributed by atoms with van der Waals surface area (Å²) < 4.78 is 1.01. The molecule has 0 aliphatic carbocycles. The molecule has 0 saturated carbocycles. The number of benzene rings is 2. The van der Waals surface area contributed by atoms with Crippen molar-refractivity contribution in [3.63, 3.8) is 0 Å². The van der Waals surface area contributed by atoms with Gasteiger partial charge >= 0.3 is 0 Å². The highest BCUT2D eigenvalue weighted by Gasteiger charge is 2.26. The van der Waals surface area contributed by atoms with Crippen molar-refractivity contribution < 1.29 is 5.11 Å². The zero-order valence-electron chi connectivity index (χ0n) is 10.3. The van der Waals surface area contributed by atoms with E-state index in [1.165, 1.54) is 0 Å². The van der Waals surface area contributed by atoms with Gasteiger partial charge in [0.05, 0.1) is 15.6 Å². The second kappa shape index (κ2) is 5.84. The summed E-state index contributed by atoms with van der Waals surface area (Å²) in [6.07, 6.45) is 0.473. The lowest BCUT2D eigenvalue weighted by molar-refractivity contribution is 0.0577. The standard InChI is InChI=1S/C15H13BrCl2O/c1-15(19,9-10-5-7-11(16)8-6-10)12-3-2-4-13(17)14(12)18/h2-8,19H,9H2,1H3. The third-order valence-corrected chi connectivity index (χ3v) is 4.34. The van der Waals surface area contributed by atoms with Crippen LogP contribution in [0.4, 0.5) is 0 Å². The van der Waals surface area contributed by atoms with E-state index in [0.29, 0.717) is 22.0 Å². The van der Waals surface area contributed by atoms with Crippen molar-refractivity contribution >= 4 is 39.1 Å². The molecule has 1 N–H and O–H groups in total. The molecular formula is C15H13BrCl2O. The van der Waals surface area contributed by atoms with Crippen LogP contribution < -0.4 is 0 Å². The molecule has 0 amide bonds. The van der Waals surface area contributed by atoms with E-state index in [4.69, 9.17) is 23.2 Å². The molecule has 1 unspecified atom stereocenters. The number of hydrogen-bond donors (Lipinski definition) is 1. The highest BCUT2D eigenvalue weighted by atomic mass is 79.9. The first-order valence-corrected chi connectivity index (χ1v) is 7.36. The third-order valence-electron chi connectivity index (χ3n) is 2.99. The molecule has 0 heterocycles. The molecule has 0 aliphatic heterocycles. The van der Waals surface area contributed by atoms with E-state index in [0.717, 1.165) is 10.0 Å². The van der Waals surface area contributed by atoms with Crippen LogP contribution in [-0.4, -0.2) is 5.11 Å². The van der Waals surface area contributed by atoms with E-state index >= 15 is 0 Å². The Morgan fingerprint density at radius 1 is 1.11 bits per heavy atom. The number of hydrogen-bond acceptors (Lipinski definition) is 1. The fourth-order valence-electron chi connectivity index (χ4n) is 2.01. The lowest BCUT2D eigenvalue weighted by Crippen LogP contribution is -2.24. The molecule has 19 heavy (non-hydrogen) atoms. The van der Waals surface area contributed by atoms with Crippen molar-refractivity contribution in [1.29, 1.82) is 0 Å². The summed E-state index contributed by atoms with van der Waals surface area (Å²) in [5.74, 6) is 0. The monoisotopic (exact) mass is 358 g/mol. The van der Waals surface area contributed by atoms with Gasteiger partial charge in [-0.05, 0) is 30.7 Å². The van der Waals surface area contributed by atoms with Crippen molar-refractivity contribution in [2.24, 2.45) is 0 Å². The van der Waals surface area contributed by atoms with Crippen molar-refractivity contribution in [3.8, 4) is 0 Å². The summed E-state index contributed by atoms with van der Waals surface area (Å²) in [7, 11) is 0. The highest BCUT2D eigenvalue weighted by molar-refractivity contribution is 9.10. The van der Waals surface area contributed by atoms with Gasteiger partial charge < -0.3 is 5.11 Å². The van der Waals surface area contributed by atoms with Gasteiger partial charge in [0.15, 0.2) is 0 Å². The van der Waals surface area contributed by atoms with E-state index in [1.807, 2.05) is 24.3 Å². The predicted molar refractivity (Wildman–Crippen MR) is 83.9 cm³/mol. The molecule has 4 heteroatoms. The molecule has 1 nitrogen and oxygen atoms in total. The second-order valence-corrected chi connectivity index (χ2v) is 6.38. The number of halogens is 3. The Hall–Kier alpha value is -0.540. The Morgan fingerprint density at radius 3 is 2.37 bits per heavy atom. The van der Waals surface area contributed by atoms with Crippen molar-refractivity contribution in [2.75, 3.05) is 0 Å². The molecule has 0 saturated heterocycles. The first kappa shape index (κ1) is 14.9. The Morgan fingerprint density at radius 2 is 1.74 bits per heavy atom. The Labute approximate surface area is 131 Å². The highest BCUT2D eigenvalue weighted by Crippen LogP contribution is 2.35. The molecule has 2 aromatic carbocycles. The topological polar surface area (TPSA) is 20.2 Å². The lowest BCUT2D eigenvalue weighted by Gasteiger charge is -2.25. The maximum Gasteiger partial charge on any atom is 0.0923 e. The van der Waals surface area contributed by atoms with Crippen LogP contribution in [0, 0.1) is 0 Å². The van der Waals surface area contributed by atoms with Crippen LogP contribution in [0.2, 0.25) is 10.0 Å². The average molecular weight is 360 g/mol. The maximum atomic E-state index is 10.7. The van der Waals surface area contributed by atoms with Gasteiger partial charge in [-0.2, -0.15) is 0 Å². The first-order valence-electron chi connectivity index (χ1n) is 5.81. The zero-order valence-corrected chi connectivity index (χ0v) is 13.4. The fraction of sp³-hybridized carbons (Fsp3) is 0.200. The summed E-state index contributed by atoms with van der Waals surface area (Å²) in [5, 5.41) is 11.5. The van der Waals surface area contributed by atoms with E-state index in [9.17, 15) is 5.11 Å². The molecule has 2 aromatic rings. The summed E-state index contributed by atoms with van der Waals surface area (Å²) in [6, 6.07) is 13.1. The average Bonchev–Trinajstić information content (AvgIpc) is 2.35. The fourth-order valence-corrected chi connectivity index (χ4v) is 2.78. The van der Waals surface area contributed by atoms with Crippen LogP contribution in [0.5, 0.6) is 0 Å². The van der Waals surface area contributed by atoms with Crippen molar-refractivity contribution in [3.05, 3.63) is 68.1 Å². The van der Waals surface area contributed by atoms with Gasteiger partial charge in [0.1, 0.15) is 0 Å². The van der Waals surface area contributed by atoms with E-state index < -0.39 is 5.60 Å². The third kappa shape index (κ3) is 3.51. The minimum absolute atomic E-state index is 0.409.